The van der Waals surface area contributed by atoms with Gasteiger partial charge < -0.3 is 15.0 Å². The third-order valence-electron chi connectivity index (χ3n) is 2.45. The number of aromatic nitrogens is 2. The summed E-state index contributed by atoms with van der Waals surface area (Å²) in [5.41, 5.74) is 1.41. The van der Waals surface area contributed by atoms with Gasteiger partial charge in [-0.25, -0.2) is 4.98 Å². The highest BCUT2D eigenvalue weighted by Crippen LogP contribution is 2.28. The van der Waals surface area contributed by atoms with Gasteiger partial charge in [-0.2, -0.15) is 0 Å². The van der Waals surface area contributed by atoms with Crippen molar-refractivity contribution in [2.24, 2.45) is 0 Å². The van der Waals surface area contributed by atoms with Crippen LogP contribution < -0.4 is 5.32 Å². The van der Waals surface area contributed by atoms with E-state index in [4.69, 9.17) is 27.9 Å². The van der Waals surface area contributed by atoms with Crippen LogP contribution in [0.25, 0.3) is 11.0 Å². The van der Waals surface area contributed by atoms with Crippen molar-refractivity contribution in [2.45, 2.75) is 5.16 Å². The number of hydrogen-bond acceptors (Lipinski definition) is 4. The van der Waals surface area contributed by atoms with Crippen molar-refractivity contribution in [3.05, 3.63) is 22.2 Å². The van der Waals surface area contributed by atoms with Crippen LogP contribution in [0, 0.1) is 0 Å². The normalized spacial score (nSPS) is 10.9. The Bertz CT molecular complexity index is 618. The quantitative estimate of drug-likeness (QED) is 0.630. The van der Waals surface area contributed by atoms with Gasteiger partial charge in [0.15, 0.2) is 5.16 Å². The first kappa shape index (κ1) is 15.4. The zero-order valence-corrected chi connectivity index (χ0v) is 13.0. The lowest BCUT2D eigenvalue weighted by Gasteiger charge is -2.02. The molecule has 0 fully saturated rings. The number of fused-ring (bicyclic) bond motifs is 1. The predicted octanol–water partition coefficient (Wildman–Crippen LogP) is 2.72. The summed E-state index contributed by atoms with van der Waals surface area (Å²) in [6.07, 6.45) is 0. The minimum Gasteiger partial charge on any atom is -0.383 e. The van der Waals surface area contributed by atoms with Crippen molar-refractivity contribution in [3.8, 4) is 0 Å². The number of imidazole rings is 1. The number of ether oxygens (including phenoxy) is 1. The fourth-order valence-electron chi connectivity index (χ4n) is 1.57. The first-order chi connectivity index (χ1) is 9.60. The highest BCUT2D eigenvalue weighted by Gasteiger charge is 2.10. The fourth-order valence-corrected chi connectivity index (χ4v) is 2.81. The van der Waals surface area contributed by atoms with Crippen LogP contribution in [0.3, 0.4) is 0 Å². The van der Waals surface area contributed by atoms with E-state index in [0.717, 1.165) is 5.52 Å². The Morgan fingerprint density at radius 1 is 1.50 bits per heavy atom. The van der Waals surface area contributed by atoms with Crippen LogP contribution in [0.2, 0.25) is 10.0 Å². The van der Waals surface area contributed by atoms with Gasteiger partial charge in [0.25, 0.3) is 0 Å². The van der Waals surface area contributed by atoms with Crippen LogP contribution in [-0.4, -0.2) is 41.9 Å². The molecule has 5 nitrogen and oxygen atoms in total. The molecule has 2 rings (SSSR count). The predicted molar refractivity (Wildman–Crippen MR) is 81.7 cm³/mol. The molecule has 1 amide bonds. The molecule has 2 aromatic rings. The number of methoxy groups -OCH3 is 1. The molecule has 0 bridgehead atoms. The Kier molecular flexibility index (Phi) is 5.54. The fraction of sp³-hybridized carbons (Fsp3) is 0.333. The third-order valence-corrected chi connectivity index (χ3v) is 3.83. The van der Waals surface area contributed by atoms with Crippen molar-refractivity contribution in [3.63, 3.8) is 0 Å². The zero-order valence-electron chi connectivity index (χ0n) is 10.7. The Hall–Kier alpha value is -0.950. The Labute approximate surface area is 130 Å². The zero-order chi connectivity index (χ0) is 14.5. The number of nitrogens with zero attached hydrogens (tertiary/aromatic N) is 1. The molecule has 0 atom stereocenters. The molecule has 0 radical (unpaired) electrons. The summed E-state index contributed by atoms with van der Waals surface area (Å²) in [6, 6.07) is 3.39. The maximum Gasteiger partial charge on any atom is 0.230 e. The number of hydrogen-bond donors (Lipinski definition) is 2. The number of aromatic amines is 1. The van der Waals surface area contributed by atoms with Crippen molar-refractivity contribution in [1.82, 2.24) is 15.3 Å². The third kappa shape index (κ3) is 4.02. The molecular weight excluding hydrogens is 321 g/mol. The summed E-state index contributed by atoms with van der Waals surface area (Å²) in [7, 11) is 1.59. The second-order valence-electron chi connectivity index (χ2n) is 3.96. The minimum absolute atomic E-state index is 0.0726. The number of halogens is 2. The summed E-state index contributed by atoms with van der Waals surface area (Å²) in [5, 5.41) is 4.39. The molecular formula is C12H13Cl2N3O2S. The van der Waals surface area contributed by atoms with E-state index in [2.05, 4.69) is 15.3 Å². The molecule has 2 N–H and O–H groups in total. The molecule has 0 saturated heterocycles. The average molecular weight is 334 g/mol. The first-order valence-electron chi connectivity index (χ1n) is 5.83. The number of amides is 1. The number of H-pyrrole nitrogens is 1. The van der Waals surface area contributed by atoms with Crippen molar-refractivity contribution >= 4 is 51.9 Å². The van der Waals surface area contributed by atoms with Gasteiger partial charge in [-0.1, -0.05) is 35.0 Å². The standard InChI is InChI=1S/C12H13Cl2N3O2S/c1-19-3-2-15-10(18)6-20-12-16-9-5-7(13)4-8(14)11(9)17-12/h4-5H,2-3,6H2,1H3,(H,15,18)(H,16,17). The average Bonchev–Trinajstić information content (AvgIpc) is 2.80. The molecule has 1 aromatic heterocycles. The molecule has 0 unspecified atom stereocenters. The van der Waals surface area contributed by atoms with E-state index in [1.165, 1.54) is 11.8 Å². The number of thioether (sulfide) groups is 1. The van der Waals surface area contributed by atoms with Crippen LogP contribution in [0.1, 0.15) is 0 Å². The largest absolute Gasteiger partial charge is 0.383 e. The van der Waals surface area contributed by atoms with E-state index in [9.17, 15) is 4.79 Å². The van der Waals surface area contributed by atoms with Gasteiger partial charge in [-0.3, -0.25) is 4.79 Å². The molecule has 0 aliphatic rings. The highest BCUT2D eigenvalue weighted by atomic mass is 35.5. The smallest absolute Gasteiger partial charge is 0.230 e. The van der Waals surface area contributed by atoms with Gasteiger partial charge in [0.2, 0.25) is 5.91 Å². The van der Waals surface area contributed by atoms with E-state index in [-0.39, 0.29) is 11.7 Å². The second kappa shape index (κ2) is 7.17. The summed E-state index contributed by atoms with van der Waals surface area (Å²) in [4.78, 5) is 19.0. The van der Waals surface area contributed by atoms with Crippen molar-refractivity contribution in [2.75, 3.05) is 26.0 Å². The molecule has 1 aromatic carbocycles. The number of nitrogens with one attached hydrogen (secondary N) is 2. The number of carbonyl (C=O) groups is 1. The Morgan fingerprint density at radius 2 is 2.30 bits per heavy atom. The van der Waals surface area contributed by atoms with Crippen molar-refractivity contribution < 1.29 is 9.53 Å². The van der Waals surface area contributed by atoms with Crippen LogP contribution >= 0.6 is 35.0 Å². The Balaban J connectivity index is 1.97. The lowest BCUT2D eigenvalue weighted by Crippen LogP contribution is -2.28. The van der Waals surface area contributed by atoms with E-state index >= 15 is 0 Å². The summed E-state index contributed by atoms with van der Waals surface area (Å²) in [6.45, 7) is 0.993. The van der Waals surface area contributed by atoms with Crippen LogP contribution in [0.5, 0.6) is 0 Å². The Morgan fingerprint density at radius 3 is 3.05 bits per heavy atom. The molecule has 108 valence electrons. The van der Waals surface area contributed by atoms with E-state index < -0.39 is 0 Å². The molecule has 0 saturated carbocycles. The molecule has 0 aliphatic carbocycles. The van der Waals surface area contributed by atoms with Gasteiger partial charge in [-0.15, -0.1) is 0 Å². The number of carbonyl (C=O) groups excluding carboxylic acids is 1. The molecule has 0 aliphatic heterocycles. The maximum atomic E-state index is 11.6. The van der Waals surface area contributed by atoms with Crippen LogP contribution in [-0.2, 0) is 9.53 Å². The van der Waals surface area contributed by atoms with Gasteiger partial charge in [-0.05, 0) is 12.1 Å². The van der Waals surface area contributed by atoms with Gasteiger partial charge >= 0.3 is 0 Å². The van der Waals surface area contributed by atoms with Crippen molar-refractivity contribution in [1.29, 1.82) is 0 Å². The minimum atomic E-state index is -0.0726. The SMILES string of the molecule is COCCNC(=O)CSc1nc2c(Cl)cc(Cl)cc2[nH]1. The molecule has 1 heterocycles. The van der Waals surface area contributed by atoms with Gasteiger partial charge in [0, 0.05) is 18.7 Å². The van der Waals surface area contributed by atoms with Gasteiger partial charge in [0.1, 0.15) is 5.52 Å². The summed E-state index contributed by atoms with van der Waals surface area (Å²) >= 11 is 13.3. The van der Waals surface area contributed by atoms with E-state index in [0.29, 0.717) is 33.9 Å². The highest BCUT2D eigenvalue weighted by molar-refractivity contribution is 7.99. The van der Waals surface area contributed by atoms with Crippen LogP contribution in [0.15, 0.2) is 17.3 Å². The maximum absolute atomic E-state index is 11.6. The summed E-state index contributed by atoms with van der Waals surface area (Å²) in [5.74, 6) is 0.200. The van der Waals surface area contributed by atoms with E-state index in [1.807, 2.05) is 0 Å². The molecule has 20 heavy (non-hydrogen) atoms. The second-order valence-corrected chi connectivity index (χ2v) is 5.76. The topological polar surface area (TPSA) is 67.0 Å². The number of benzene rings is 1. The lowest BCUT2D eigenvalue weighted by molar-refractivity contribution is -0.118. The lowest BCUT2D eigenvalue weighted by atomic mass is 10.3. The first-order valence-corrected chi connectivity index (χ1v) is 7.57. The van der Waals surface area contributed by atoms with Crippen LogP contribution in [0.4, 0.5) is 0 Å². The molecule has 0 spiro atoms. The summed E-state index contributed by atoms with van der Waals surface area (Å²) < 4.78 is 4.85. The monoisotopic (exact) mass is 333 g/mol. The molecule has 8 heteroatoms. The van der Waals surface area contributed by atoms with E-state index in [1.54, 1.807) is 19.2 Å². The number of rotatable bonds is 6. The van der Waals surface area contributed by atoms with Gasteiger partial charge in [0.05, 0.1) is 22.9 Å².